The summed E-state index contributed by atoms with van der Waals surface area (Å²) in [5.41, 5.74) is 0.972. The first-order chi connectivity index (χ1) is 13.4. The highest BCUT2D eigenvalue weighted by Crippen LogP contribution is 2.28. The molecule has 0 saturated heterocycles. The van der Waals surface area contributed by atoms with Gasteiger partial charge in [0.05, 0.1) is 29.9 Å². The third kappa shape index (κ3) is 5.48. The van der Waals surface area contributed by atoms with Crippen molar-refractivity contribution in [3.8, 4) is 11.5 Å². The van der Waals surface area contributed by atoms with Crippen molar-refractivity contribution in [1.29, 1.82) is 0 Å². The molecule has 0 aliphatic heterocycles. The molecule has 1 amide bonds. The zero-order valence-electron chi connectivity index (χ0n) is 16.5. The second-order valence-corrected chi connectivity index (χ2v) is 8.52. The van der Waals surface area contributed by atoms with Crippen molar-refractivity contribution in [2.45, 2.75) is 38.1 Å². The van der Waals surface area contributed by atoms with Gasteiger partial charge in [-0.15, -0.1) is 0 Å². The van der Waals surface area contributed by atoms with E-state index in [0.717, 1.165) is 18.4 Å². The van der Waals surface area contributed by atoms with Gasteiger partial charge in [0.25, 0.3) is 5.91 Å². The maximum Gasteiger partial charge on any atom is 0.252 e. The topological polar surface area (TPSA) is 81.7 Å². The van der Waals surface area contributed by atoms with Gasteiger partial charge >= 0.3 is 0 Å². The second-order valence-electron chi connectivity index (χ2n) is 6.27. The van der Waals surface area contributed by atoms with Gasteiger partial charge in [0.2, 0.25) is 0 Å². The fourth-order valence-electron chi connectivity index (χ4n) is 2.63. The van der Waals surface area contributed by atoms with E-state index in [9.17, 15) is 13.2 Å². The van der Waals surface area contributed by atoms with Gasteiger partial charge < -0.3 is 14.8 Å². The maximum atomic E-state index is 12.6. The molecule has 6 nitrogen and oxygen atoms in total. The molecule has 2 rings (SSSR count). The third-order valence-electron chi connectivity index (χ3n) is 4.28. The molecule has 0 aliphatic rings. The van der Waals surface area contributed by atoms with Crippen molar-refractivity contribution in [2.75, 3.05) is 19.5 Å². The minimum Gasteiger partial charge on any atom is -0.493 e. The van der Waals surface area contributed by atoms with Crippen LogP contribution in [0, 0.1) is 0 Å². The number of hydrogen-bond donors (Lipinski definition) is 1. The number of carbonyl (C=O) groups is 1. The molecule has 0 aliphatic carbocycles. The van der Waals surface area contributed by atoms with Crippen LogP contribution in [0.3, 0.4) is 0 Å². The molecule has 0 heterocycles. The van der Waals surface area contributed by atoms with Crippen molar-refractivity contribution in [3.63, 3.8) is 0 Å². The Labute approximate surface area is 166 Å². The van der Waals surface area contributed by atoms with Crippen LogP contribution in [0.5, 0.6) is 11.5 Å². The van der Waals surface area contributed by atoms with Crippen molar-refractivity contribution in [3.05, 3.63) is 53.6 Å². The fraction of sp³-hybridized carbons (Fsp3) is 0.381. The number of rotatable bonds is 10. The minimum atomic E-state index is -3.48. The summed E-state index contributed by atoms with van der Waals surface area (Å²) in [6, 6.07) is 11.7. The molecular weight excluding hydrogens is 378 g/mol. The zero-order valence-corrected chi connectivity index (χ0v) is 17.3. The number of benzene rings is 2. The molecule has 2 aromatic rings. The first-order valence-corrected chi connectivity index (χ1v) is 11.0. The molecule has 1 N–H and O–H groups in total. The predicted octanol–water partition coefficient (Wildman–Crippen LogP) is 3.60. The highest BCUT2D eigenvalue weighted by atomic mass is 32.2. The highest BCUT2D eigenvalue weighted by Gasteiger charge is 2.20. The Morgan fingerprint density at radius 3 is 2.50 bits per heavy atom. The summed E-state index contributed by atoms with van der Waals surface area (Å²) >= 11 is 0. The lowest BCUT2D eigenvalue weighted by molar-refractivity contribution is 0.0947. The molecule has 0 fully saturated rings. The van der Waals surface area contributed by atoms with E-state index in [2.05, 4.69) is 12.2 Å². The Kier molecular flexibility index (Phi) is 7.87. The van der Waals surface area contributed by atoms with E-state index in [1.165, 1.54) is 12.1 Å². The second kappa shape index (κ2) is 10.1. The van der Waals surface area contributed by atoms with E-state index in [4.69, 9.17) is 9.47 Å². The van der Waals surface area contributed by atoms with Crippen LogP contribution in [-0.4, -0.2) is 33.8 Å². The Bertz CT molecular complexity index is 909. The first-order valence-electron chi connectivity index (χ1n) is 9.32. The average Bonchev–Trinajstić information content (AvgIpc) is 2.72. The lowest BCUT2D eigenvalue weighted by Gasteiger charge is -2.13. The van der Waals surface area contributed by atoms with Gasteiger partial charge in [-0.25, -0.2) is 8.42 Å². The predicted molar refractivity (Wildman–Crippen MR) is 109 cm³/mol. The van der Waals surface area contributed by atoms with Crippen molar-refractivity contribution >= 4 is 15.7 Å². The largest absolute Gasteiger partial charge is 0.493 e. The normalized spacial score (nSPS) is 11.1. The number of hydrogen-bond acceptors (Lipinski definition) is 5. The zero-order chi connectivity index (χ0) is 20.6. The molecule has 7 heteroatoms. The summed E-state index contributed by atoms with van der Waals surface area (Å²) in [7, 11) is -1.92. The summed E-state index contributed by atoms with van der Waals surface area (Å²) in [5, 5.41) is 2.78. The average molecular weight is 406 g/mol. The Balaban J connectivity index is 2.11. The summed E-state index contributed by atoms with van der Waals surface area (Å²) < 4.78 is 35.5. The van der Waals surface area contributed by atoms with Crippen LogP contribution in [-0.2, 0) is 16.4 Å². The Hall–Kier alpha value is -2.54. The summed E-state index contributed by atoms with van der Waals surface area (Å²) in [4.78, 5) is 12.6. The molecule has 28 heavy (non-hydrogen) atoms. The molecule has 0 unspecified atom stereocenters. The van der Waals surface area contributed by atoms with Gasteiger partial charge in [-0.2, -0.15) is 0 Å². The lowest BCUT2D eigenvalue weighted by atomic mass is 10.1. The molecule has 0 spiro atoms. The van der Waals surface area contributed by atoms with Crippen LogP contribution in [0.1, 0.15) is 42.6 Å². The standard InChI is InChI=1S/C21H27NO5S/c1-4-6-13-27-18-12-11-16(14-19(18)26-3)15-22-21(23)17-9-7-8-10-20(17)28(24,25)5-2/h7-12,14H,4-6,13,15H2,1-3H3,(H,22,23). The molecule has 0 radical (unpaired) electrons. The third-order valence-corrected chi connectivity index (χ3v) is 6.07. The molecule has 0 aromatic heterocycles. The minimum absolute atomic E-state index is 0.0484. The van der Waals surface area contributed by atoms with Crippen LogP contribution in [0.15, 0.2) is 47.4 Å². The number of methoxy groups -OCH3 is 1. The van der Waals surface area contributed by atoms with Crippen LogP contribution in [0.2, 0.25) is 0 Å². The van der Waals surface area contributed by atoms with Crippen LogP contribution < -0.4 is 14.8 Å². The highest BCUT2D eigenvalue weighted by molar-refractivity contribution is 7.91. The van der Waals surface area contributed by atoms with E-state index < -0.39 is 15.7 Å². The molecule has 2 aromatic carbocycles. The summed E-state index contributed by atoms with van der Waals surface area (Å²) in [6.45, 7) is 4.51. The van der Waals surface area contributed by atoms with E-state index in [1.807, 2.05) is 12.1 Å². The van der Waals surface area contributed by atoms with Gasteiger partial charge in [0.15, 0.2) is 21.3 Å². The van der Waals surface area contributed by atoms with Gasteiger partial charge in [-0.1, -0.05) is 38.5 Å². The number of amides is 1. The van der Waals surface area contributed by atoms with Crippen molar-refractivity contribution in [1.82, 2.24) is 5.32 Å². The Morgan fingerprint density at radius 1 is 1.07 bits per heavy atom. The van der Waals surface area contributed by atoms with E-state index in [0.29, 0.717) is 18.1 Å². The van der Waals surface area contributed by atoms with E-state index in [1.54, 1.807) is 32.2 Å². The molecule has 0 atom stereocenters. The van der Waals surface area contributed by atoms with Crippen LogP contribution in [0.25, 0.3) is 0 Å². The van der Waals surface area contributed by atoms with Crippen LogP contribution in [0.4, 0.5) is 0 Å². The number of unbranched alkanes of at least 4 members (excludes halogenated alkanes) is 1. The molecular formula is C21H27NO5S. The number of sulfone groups is 1. The molecule has 0 bridgehead atoms. The van der Waals surface area contributed by atoms with E-state index >= 15 is 0 Å². The lowest BCUT2D eigenvalue weighted by Crippen LogP contribution is -2.25. The molecule has 152 valence electrons. The smallest absolute Gasteiger partial charge is 0.252 e. The first kappa shape index (κ1) is 21.8. The van der Waals surface area contributed by atoms with Crippen molar-refractivity contribution in [2.24, 2.45) is 0 Å². The molecule has 0 saturated carbocycles. The monoisotopic (exact) mass is 405 g/mol. The van der Waals surface area contributed by atoms with Gasteiger partial charge in [-0.05, 0) is 36.2 Å². The number of ether oxygens (including phenoxy) is 2. The van der Waals surface area contributed by atoms with E-state index in [-0.39, 0.29) is 22.8 Å². The number of carbonyl (C=O) groups excluding carboxylic acids is 1. The Morgan fingerprint density at radius 2 is 1.82 bits per heavy atom. The fourth-order valence-corrected chi connectivity index (χ4v) is 3.72. The SMILES string of the molecule is CCCCOc1ccc(CNC(=O)c2ccccc2S(=O)(=O)CC)cc1OC. The van der Waals surface area contributed by atoms with Gasteiger partial charge in [-0.3, -0.25) is 4.79 Å². The number of nitrogens with one attached hydrogen (secondary N) is 1. The maximum absolute atomic E-state index is 12.6. The van der Waals surface area contributed by atoms with Gasteiger partial charge in [0, 0.05) is 6.54 Å². The quantitative estimate of drug-likeness (QED) is 0.611. The summed E-state index contributed by atoms with van der Waals surface area (Å²) in [5.74, 6) is 0.755. The van der Waals surface area contributed by atoms with Crippen LogP contribution >= 0.6 is 0 Å². The van der Waals surface area contributed by atoms with Gasteiger partial charge in [0.1, 0.15) is 0 Å². The van der Waals surface area contributed by atoms with Crippen molar-refractivity contribution < 1.29 is 22.7 Å². The summed E-state index contributed by atoms with van der Waals surface area (Å²) in [6.07, 6.45) is 2.00.